The molecule has 0 spiro atoms. The molecule has 0 radical (unpaired) electrons. The first-order valence-electron chi connectivity index (χ1n) is 4.17. The van der Waals surface area contributed by atoms with E-state index in [2.05, 4.69) is 0 Å². The number of Topliss-reactive ketones (excluding diaryl/α,β-unsaturated/α-hetero) is 1. The van der Waals surface area contributed by atoms with E-state index in [9.17, 15) is 9.90 Å². The van der Waals surface area contributed by atoms with Gasteiger partial charge in [-0.25, -0.2) is 0 Å². The molecule has 76 valence electrons. The van der Waals surface area contributed by atoms with Crippen molar-refractivity contribution in [3.05, 3.63) is 28.8 Å². The van der Waals surface area contributed by atoms with Crippen LogP contribution >= 0.6 is 11.6 Å². The van der Waals surface area contributed by atoms with Crippen molar-refractivity contribution >= 4 is 17.4 Å². The van der Waals surface area contributed by atoms with Crippen LogP contribution in [0.15, 0.2) is 18.2 Å². The Kier molecular flexibility index (Phi) is 3.49. The number of hydrogen-bond donors (Lipinski definition) is 1. The van der Waals surface area contributed by atoms with E-state index in [1.54, 1.807) is 31.1 Å². The zero-order valence-electron chi connectivity index (χ0n) is 8.12. The number of nitrogens with zero attached hydrogens (tertiary/aromatic N) is 1. The Bertz CT molecular complexity index is 330. The first-order valence-corrected chi connectivity index (χ1v) is 4.55. The van der Waals surface area contributed by atoms with Gasteiger partial charge in [0.25, 0.3) is 0 Å². The van der Waals surface area contributed by atoms with Crippen LogP contribution < -0.4 is 0 Å². The molecule has 1 N–H and O–H groups in total. The maximum atomic E-state index is 11.6. The van der Waals surface area contributed by atoms with Crippen molar-refractivity contribution in [2.45, 2.75) is 0 Å². The molecule has 0 unspecified atom stereocenters. The molecule has 1 aromatic rings. The Morgan fingerprint density at radius 3 is 2.64 bits per heavy atom. The number of aromatic hydroxyl groups is 1. The van der Waals surface area contributed by atoms with Crippen LogP contribution in [0.5, 0.6) is 5.75 Å². The Morgan fingerprint density at radius 2 is 2.14 bits per heavy atom. The van der Waals surface area contributed by atoms with Crippen LogP contribution in [-0.2, 0) is 0 Å². The summed E-state index contributed by atoms with van der Waals surface area (Å²) >= 11 is 5.81. The van der Waals surface area contributed by atoms with E-state index in [4.69, 9.17) is 11.6 Å². The van der Waals surface area contributed by atoms with Crippen LogP contribution in [0, 0.1) is 0 Å². The molecule has 0 aliphatic carbocycles. The summed E-state index contributed by atoms with van der Waals surface area (Å²) in [6.45, 7) is 0.233. The maximum absolute atomic E-state index is 11.6. The maximum Gasteiger partial charge on any atom is 0.182 e. The van der Waals surface area contributed by atoms with Gasteiger partial charge in [-0.3, -0.25) is 4.79 Å². The van der Waals surface area contributed by atoms with Crippen LogP contribution in [0.25, 0.3) is 0 Å². The smallest absolute Gasteiger partial charge is 0.182 e. The highest BCUT2D eigenvalue weighted by Crippen LogP contribution is 2.25. The molecule has 0 aromatic heterocycles. The van der Waals surface area contributed by atoms with Gasteiger partial charge < -0.3 is 10.0 Å². The van der Waals surface area contributed by atoms with Crippen molar-refractivity contribution in [2.24, 2.45) is 0 Å². The minimum absolute atomic E-state index is 0.0654. The molecule has 0 amide bonds. The van der Waals surface area contributed by atoms with Crippen molar-refractivity contribution in [1.82, 2.24) is 4.90 Å². The van der Waals surface area contributed by atoms with Crippen molar-refractivity contribution in [1.29, 1.82) is 0 Å². The summed E-state index contributed by atoms with van der Waals surface area (Å²) in [6.07, 6.45) is 0. The molecule has 1 aromatic carbocycles. The lowest BCUT2D eigenvalue weighted by atomic mass is 10.1. The van der Waals surface area contributed by atoms with Gasteiger partial charge in [0.15, 0.2) is 5.78 Å². The van der Waals surface area contributed by atoms with Gasteiger partial charge in [-0.2, -0.15) is 0 Å². The highest BCUT2D eigenvalue weighted by Gasteiger charge is 2.15. The fourth-order valence-corrected chi connectivity index (χ4v) is 1.43. The average molecular weight is 214 g/mol. The Labute approximate surface area is 87.9 Å². The Hall–Kier alpha value is -1.06. The number of likely N-dealkylation sites (N-methyl/N-ethyl adjacent to an activating group) is 1. The summed E-state index contributed by atoms with van der Waals surface area (Å²) in [7, 11) is 3.57. The molecule has 0 heterocycles. The van der Waals surface area contributed by atoms with E-state index < -0.39 is 0 Å². The van der Waals surface area contributed by atoms with Crippen molar-refractivity contribution < 1.29 is 9.90 Å². The predicted molar refractivity (Wildman–Crippen MR) is 56.0 cm³/mol. The van der Waals surface area contributed by atoms with Crippen LogP contribution in [0.3, 0.4) is 0 Å². The fraction of sp³-hybridized carbons (Fsp3) is 0.300. The molecular weight excluding hydrogens is 202 g/mol. The van der Waals surface area contributed by atoms with Crippen molar-refractivity contribution in [3.63, 3.8) is 0 Å². The second-order valence-electron chi connectivity index (χ2n) is 3.29. The summed E-state index contributed by atoms with van der Waals surface area (Å²) in [4.78, 5) is 13.3. The van der Waals surface area contributed by atoms with E-state index in [-0.39, 0.29) is 28.7 Å². The van der Waals surface area contributed by atoms with E-state index in [0.717, 1.165) is 0 Å². The average Bonchev–Trinajstić information content (AvgIpc) is 2.01. The lowest BCUT2D eigenvalue weighted by molar-refractivity contribution is 0.0955. The molecule has 0 aliphatic heterocycles. The standard InChI is InChI=1S/C10H12ClNO2/c1-12(2)6-9(14)10-7(11)4-3-5-8(10)13/h3-5,13H,6H2,1-2H3. The predicted octanol–water partition coefficient (Wildman–Crippen LogP) is 1.79. The number of rotatable bonds is 3. The van der Waals surface area contributed by atoms with Gasteiger partial charge in [-0.05, 0) is 26.2 Å². The summed E-state index contributed by atoms with van der Waals surface area (Å²) in [5.74, 6) is -0.248. The first kappa shape index (κ1) is 11.0. The molecule has 14 heavy (non-hydrogen) atoms. The van der Waals surface area contributed by atoms with E-state index in [0.29, 0.717) is 0 Å². The van der Waals surface area contributed by atoms with E-state index in [1.807, 2.05) is 0 Å². The minimum atomic E-state index is -0.182. The topological polar surface area (TPSA) is 40.5 Å². The van der Waals surface area contributed by atoms with Crippen LogP contribution in [0.1, 0.15) is 10.4 Å². The monoisotopic (exact) mass is 213 g/mol. The van der Waals surface area contributed by atoms with Gasteiger partial charge in [-0.15, -0.1) is 0 Å². The molecule has 0 saturated heterocycles. The van der Waals surface area contributed by atoms with Gasteiger partial charge >= 0.3 is 0 Å². The quantitative estimate of drug-likeness (QED) is 0.779. The number of phenolic OH excluding ortho intramolecular Hbond substituents is 1. The number of carbonyl (C=O) groups is 1. The fourth-order valence-electron chi connectivity index (χ4n) is 1.16. The molecule has 0 aliphatic rings. The molecule has 3 nitrogen and oxygen atoms in total. The summed E-state index contributed by atoms with van der Waals surface area (Å²) in [6, 6.07) is 4.64. The van der Waals surface area contributed by atoms with Crippen molar-refractivity contribution in [3.8, 4) is 5.75 Å². The molecule has 0 saturated carbocycles. The summed E-state index contributed by atoms with van der Waals surface area (Å²) < 4.78 is 0. The number of hydrogen-bond acceptors (Lipinski definition) is 3. The number of carbonyl (C=O) groups excluding carboxylic acids is 1. The Morgan fingerprint density at radius 1 is 1.50 bits per heavy atom. The van der Waals surface area contributed by atoms with Crippen LogP contribution in [0.2, 0.25) is 5.02 Å². The highest BCUT2D eigenvalue weighted by atomic mass is 35.5. The molecule has 0 atom stereocenters. The third kappa shape index (κ3) is 2.47. The molecule has 0 bridgehead atoms. The van der Waals surface area contributed by atoms with Crippen LogP contribution in [0.4, 0.5) is 0 Å². The normalized spacial score (nSPS) is 10.6. The SMILES string of the molecule is CN(C)CC(=O)c1c(O)cccc1Cl. The molecular formula is C10H12ClNO2. The van der Waals surface area contributed by atoms with Gasteiger partial charge in [0.1, 0.15) is 5.75 Å². The number of phenols is 1. The van der Waals surface area contributed by atoms with E-state index >= 15 is 0 Å². The zero-order chi connectivity index (χ0) is 10.7. The molecule has 1 rings (SSSR count). The largest absolute Gasteiger partial charge is 0.507 e. The number of ketones is 1. The third-order valence-electron chi connectivity index (χ3n) is 1.73. The van der Waals surface area contributed by atoms with Gasteiger partial charge in [-0.1, -0.05) is 17.7 Å². The number of halogens is 1. The second-order valence-corrected chi connectivity index (χ2v) is 3.70. The van der Waals surface area contributed by atoms with E-state index in [1.165, 1.54) is 6.07 Å². The van der Waals surface area contributed by atoms with Crippen molar-refractivity contribution in [2.75, 3.05) is 20.6 Å². The second kappa shape index (κ2) is 4.44. The van der Waals surface area contributed by atoms with Gasteiger partial charge in [0, 0.05) is 0 Å². The Balaban J connectivity index is 3.00. The third-order valence-corrected chi connectivity index (χ3v) is 2.05. The summed E-state index contributed by atoms with van der Waals surface area (Å²) in [5.41, 5.74) is 0.197. The number of benzene rings is 1. The highest BCUT2D eigenvalue weighted by molar-refractivity contribution is 6.34. The summed E-state index contributed by atoms with van der Waals surface area (Å²) in [5, 5.41) is 9.74. The zero-order valence-corrected chi connectivity index (χ0v) is 8.88. The molecule has 0 fully saturated rings. The van der Waals surface area contributed by atoms with Gasteiger partial charge in [0.2, 0.25) is 0 Å². The van der Waals surface area contributed by atoms with Crippen LogP contribution in [-0.4, -0.2) is 36.4 Å². The lowest BCUT2D eigenvalue weighted by Crippen LogP contribution is -2.21. The lowest BCUT2D eigenvalue weighted by Gasteiger charge is -2.10. The molecule has 4 heteroatoms. The van der Waals surface area contributed by atoms with Gasteiger partial charge in [0.05, 0.1) is 17.1 Å². The minimum Gasteiger partial charge on any atom is -0.507 e. The first-order chi connectivity index (χ1) is 6.52.